The molecule has 2 aromatic rings. The highest BCUT2D eigenvalue weighted by molar-refractivity contribution is 6.31. The van der Waals surface area contributed by atoms with Crippen LogP contribution in [-0.4, -0.2) is 11.6 Å². The number of rotatable bonds is 4. The van der Waals surface area contributed by atoms with Gasteiger partial charge >= 0.3 is 0 Å². The van der Waals surface area contributed by atoms with Crippen molar-refractivity contribution >= 4 is 11.6 Å². The molecule has 120 valence electrons. The molecule has 24 heavy (non-hydrogen) atoms. The molecule has 0 unspecified atom stereocenters. The van der Waals surface area contributed by atoms with Crippen LogP contribution in [0.25, 0.3) is 0 Å². The first-order chi connectivity index (χ1) is 11.4. The number of allylic oxidation sites excluding steroid dienone is 2. The highest BCUT2D eigenvalue weighted by atomic mass is 16.1. The molecule has 2 nitrogen and oxygen atoms in total. The van der Waals surface area contributed by atoms with Crippen molar-refractivity contribution in [2.75, 3.05) is 0 Å². The van der Waals surface area contributed by atoms with Crippen molar-refractivity contribution in [3.8, 4) is 11.8 Å². The van der Waals surface area contributed by atoms with Gasteiger partial charge in [-0.3, -0.25) is 9.59 Å². The third-order valence-corrected chi connectivity index (χ3v) is 3.22. The first-order valence-electron chi connectivity index (χ1n) is 7.81. The van der Waals surface area contributed by atoms with Crippen molar-refractivity contribution in [1.82, 2.24) is 0 Å². The zero-order valence-corrected chi connectivity index (χ0v) is 14.2. The smallest absolute Gasteiger partial charge is 0.197 e. The van der Waals surface area contributed by atoms with E-state index in [2.05, 4.69) is 11.8 Å². The van der Waals surface area contributed by atoms with Gasteiger partial charge in [-0.15, -0.1) is 0 Å². The molecule has 0 saturated heterocycles. The standard InChI is InChI=1S/C22H20O2/c1-22(2,3)16-10-15-19(20(23)17-11-6-4-7-12-17)21(24)18-13-8-5-9-14-18/h4-9,11-15H,1-3H3. The van der Waals surface area contributed by atoms with Gasteiger partial charge in [0.15, 0.2) is 11.6 Å². The molecular weight excluding hydrogens is 296 g/mol. The van der Waals surface area contributed by atoms with E-state index < -0.39 is 0 Å². The molecule has 0 N–H and O–H groups in total. The number of ketones is 2. The lowest BCUT2D eigenvalue weighted by atomic mass is 9.94. The lowest BCUT2D eigenvalue weighted by Gasteiger charge is -2.07. The van der Waals surface area contributed by atoms with E-state index in [9.17, 15) is 9.59 Å². The van der Waals surface area contributed by atoms with E-state index in [1.807, 2.05) is 32.9 Å². The van der Waals surface area contributed by atoms with Crippen LogP contribution in [0.4, 0.5) is 0 Å². The van der Waals surface area contributed by atoms with Crippen molar-refractivity contribution in [2.24, 2.45) is 5.41 Å². The van der Waals surface area contributed by atoms with Gasteiger partial charge in [-0.1, -0.05) is 72.5 Å². The number of hydrogen-bond donors (Lipinski definition) is 0. The molecule has 0 aliphatic heterocycles. The van der Waals surface area contributed by atoms with Gasteiger partial charge in [-0.05, 0) is 20.8 Å². The largest absolute Gasteiger partial charge is 0.288 e. The molecule has 0 heterocycles. The van der Waals surface area contributed by atoms with E-state index in [-0.39, 0.29) is 22.6 Å². The van der Waals surface area contributed by atoms with E-state index in [0.29, 0.717) is 11.1 Å². The SMILES string of the molecule is CC(C)(C)C#CC=C(C(=O)c1ccccc1)C(=O)c1ccccc1. The second-order valence-corrected chi connectivity index (χ2v) is 6.47. The zero-order chi connectivity index (χ0) is 17.6. The van der Waals surface area contributed by atoms with Crippen LogP contribution < -0.4 is 0 Å². The fourth-order valence-corrected chi connectivity index (χ4v) is 2.05. The molecule has 0 fully saturated rings. The maximum Gasteiger partial charge on any atom is 0.197 e. The Bertz CT molecular complexity index is 758. The summed E-state index contributed by atoms with van der Waals surface area (Å²) in [5.41, 5.74) is 0.841. The number of Topliss-reactive ketones (excluding diaryl/α,β-unsaturated/α-hetero) is 2. The summed E-state index contributed by atoms with van der Waals surface area (Å²) >= 11 is 0. The third-order valence-electron chi connectivity index (χ3n) is 3.22. The fourth-order valence-electron chi connectivity index (χ4n) is 2.05. The molecule has 0 spiro atoms. The number of benzene rings is 2. The molecule has 0 saturated carbocycles. The summed E-state index contributed by atoms with van der Waals surface area (Å²) < 4.78 is 0. The van der Waals surface area contributed by atoms with E-state index in [1.54, 1.807) is 48.5 Å². The van der Waals surface area contributed by atoms with Crippen LogP contribution in [0.2, 0.25) is 0 Å². The number of carbonyl (C=O) groups is 2. The van der Waals surface area contributed by atoms with Gasteiger partial charge in [0.1, 0.15) is 0 Å². The molecule has 2 heteroatoms. The summed E-state index contributed by atoms with van der Waals surface area (Å²) in [7, 11) is 0. The van der Waals surface area contributed by atoms with Gasteiger partial charge in [0.2, 0.25) is 0 Å². The van der Waals surface area contributed by atoms with E-state index in [1.165, 1.54) is 6.08 Å². The Balaban J connectivity index is 2.45. The lowest BCUT2D eigenvalue weighted by Crippen LogP contribution is -2.13. The summed E-state index contributed by atoms with van der Waals surface area (Å²) in [5, 5.41) is 0. The molecular formula is C22H20O2. The van der Waals surface area contributed by atoms with Crippen LogP contribution in [0.3, 0.4) is 0 Å². The Morgan fingerprint density at radius 1 is 0.792 bits per heavy atom. The Kier molecular flexibility index (Phi) is 5.50. The lowest BCUT2D eigenvalue weighted by molar-refractivity contribution is 0.0962. The van der Waals surface area contributed by atoms with E-state index in [0.717, 1.165) is 0 Å². The summed E-state index contributed by atoms with van der Waals surface area (Å²) in [5.74, 6) is 5.28. The zero-order valence-electron chi connectivity index (χ0n) is 14.2. The number of hydrogen-bond acceptors (Lipinski definition) is 2. The highest BCUT2D eigenvalue weighted by Gasteiger charge is 2.20. The maximum atomic E-state index is 12.8. The monoisotopic (exact) mass is 316 g/mol. The summed E-state index contributed by atoms with van der Waals surface area (Å²) in [4.78, 5) is 25.5. The molecule has 0 amide bonds. The maximum absolute atomic E-state index is 12.8. The second kappa shape index (κ2) is 7.57. The molecule has 0 aliphatic rings. The highest BCUT2D eigenvalue weighted by Crippen LogP contribution is 2.15. The van der Waals surface area contributed by atoms with Crippen molar-refractivity contribution < 1.29 is 9.59 Å². The molecule has 0 bridgehead atoms. The van der Waals surface area contributed by atoms with Crippen molar-refractivity contribution in [3.05, 3.63) is 83.4 Å². The van der Waals surface area contributed by atoms with Gasteiger partial charge < -0.3 is 0 Å². The molecule has 0 radical (unpaired) electrons. The summed E-state index contributed by atoms with van der Waals surface area (Å²) in [6.45, 7) is 5.93. The minimum absolute atomic E-state index is 0.0872. The summed E-state index contributed by atoms with van der Waals surface area (Å²) in [6, 6.07) is 17.6. The normalized spacial score (nSPS) is 10.3. The number of carbonyl (C=O) groups excluding carboxylic acids is 2. The molecule has 0 aromatic heterocycles. The van der Waals surface area contributed by atoms with Crippen molar-refractivity contribution in [2.45, 2.75) is 20.8 Å². The average Bonchev–Trinajstić information content (AvgIpc) is 2.58. The first kappa shape index (κ1) is 17.4. The molecule has 0 atom stereocenters. The van der Waals surface area contributed by atoms with Crippen molar-refractivity contribution in [3.63, 3.8) is 0 Å². The van der Waals surface area contributed by atoms with Crippen LogP contribution in [0.15, 0.2) is 72.3 Å². The van der Waals surface area contributed by atoms with Gasteiger partial charge in [0.05, 0.1) is 5.57 Å². The third kappa shape index (κ3) is 4.79. The van der Waals surface area contributed by atoms with Gasteiger partial charge in [-0.25, -0.2) is 0 Å². The van der Waals surface area contributed by atoms with Crippen LogP contribution in [-0.2, 0) is 0 Å². The molecule has 2 aromatic carbocycles. The fraction of sp³-hybridized carbons (Fsp3) is 0.182. The van der Waals surface area contributed by atoms with Gasteiger partial charge in [0, 0.05) is 22.6 Å². The van der Waals surface area contributed by atoms with Crippen LogP contribution in [0.5, 0.6) is 0 Å². The predicted octanol–water partition coefficient (Wildman–Crippen LogP) is 4.73. The van der Waals surface area contributed by atoms with E-state index >= 15 is 0 Å². The minimum Gasteiger partial charge on any atom is -0.288 e. The van der Waals surface area contributed by atoms with E-state index in [4.69, 9.17) is 0 Å². The Morgan fingerprint density at radius 2 is 1.21 bits per heavy atom. The Hall–Kier alpha value is -2.92. The van der Waals surface area contributed by atoms with Crippen LogP contribution >= 0.6 is 0 Å². The first-order valence-corrected chi connectivity index (χ1v) is 7.81. The van der Waals surface area contributed by atoms with Gasteiger partial charge in [-0.2, -0.15) is 0 Å². The van der Waals surface area contributed by atoms with Gasteiger partial charge in [0.25, 0.3) is 0 Å². The Morgan fingerprint density at radius 3 is 1.58 bits per heavy atom. The van der Waals surface area contributed by atoms with Crippen LogP contribution in [0, 0.1) is 17.3 Å². The quantitative estimate of drug-likeness (QED) is 0.269. The minimum atomic E-state index is -0.312. The predicted molar refractivity (Wildman–Crippen MR) is 96.9 cm³/mol. The molecule has 2 rings (SSSR count). The average molecular weight is 316 g/mol. The second-order valence-electron chi connectivity index (χ2n) is 6.47. The van der Waals surface area contributed by atoms with Crippen molar-refractivity contribution in [1.29, 1.82) is 0 Å². The Labute approximate surface area is 143 Å². The topological polar surface area (TPSA) is 34.1 Å². The summed E-state index contributed by atoms with van der Waals surface area (Å²) in [6.07, 6.45) is 1.44. The molecule has 0 aliphatic carbocycles. The van der Waals surface area contributed by atoms with Crippen LogP contribution in [0.1, 0.15) is 41.5 Å².